The van der Waals surface area contributed by atoms with E-state index >= 15 is 0 Å². The number of rotatable bonds is 11. The average Bonchev–Trinajstić information content (AvgIpc) is 1.75. The summed E-state index contributed by atoms with van der Waals surface area (Å²) in [7, 11) is 0. The van der Waals surface area contributed by atoms with Crippen LogP contribution in [0.4, 0.5) is 39.8 Å². The molecule has 9 nitrogen and oxygen atoms in total. The number of nitrogens with zero attached hydrogens (tertiary/aromatic N) is 9. The van der Waals surface area contributed by atoms with E-state index in [2.05, 4.69) is 268 Å². The van der Waals surface area contributed by atoms with Crippen LogP contribution in [0.2, 0.25) is 0 Å². The van der Waals surface area contributed by atoms with Crippen molar-refractivity contribution in [2.24, 2.45) is 0 Å². The Morgan fingerprint density at radius 2 is 0.730 bits per heavy atom. The molecule has 0 saturated carbocycles. The Morgan fingerprint density at radius 1 is 0.310 bits per heavy atom. The number of nitriles is 2. The minimum absolute atomic E-state index is 0.333. The Bertz CT molecular complexity index is 5690. The molecule has 0 amide bonds. The van der Waals surface area contributed by atoms with Crippen LogP contribution in [0.25, 0.3) is 122 Å². The van der Waals surface area contributed by atoms with E-state index in [-0.39, 0.29) is 6.71 Å². The van der Waals surface area contributed by atoms with Gasteiger partial charge in [0.05, 0.1) is 46.6 Å². The number of para-hydroxylation sites is 1. The van der Waals surface area contributed by atoms with E-state index in [9.17, 15) is 10.5 Å². The lowest BCUT2D eigenvalue weighted by Gasteiger charge is -2.45. The first-order chi connectivity index (χ1) is 49.4. The zero-order valence-corrected chi connectivity index (χ0v) is 53.8. The van der Waals surface area contributed by atoms with E-state index in [0.29, 0.717) is 39.9 Å². The molecule has 2 aromatic heterocycles. The van der Waals surface area contributed by atoms with Gasteiger partial charge in [-0.1, -0.05) is 224 Å². The third-order valence-corrected chi connectivity index (χ3v) is 19.4. The number of anilines is 6. The van der Waals surface area contributed by atoms with E-state index < -0.39 is 0 Å². The van der Waals surface area contributed by atoms with Crippen molar-refractivity contribution in [3.05, 3.63) is 350 Å². The summed E-state index contributed by atoms with van der Waals surface area (Å²) < 4.78 is 2.27. The number of aromatic nitrogens is 4. The second-order valence-corrected chi connectivity index (χ2v) is 25.2. The van der Waals surface area contributed by atoms with Gasteiger partial charge in [-0.15, -0.1) is 0 Å². The van der Waals surface area contributed by atoms with E-state index in [0.717, 1.165) is 145 Å². The Morgan fingerprint density at radius 3 is 1.23 bits per heavy atom. The van der Waals surface area contributed by atoms with E-state index in [4.69, 9.17) is 21.5 Å². The fraction of sp³-hybridized carbons (Fsp3) is 0. The van der Waals surface area contributed by atoms with Crippen molar-refractivity contribution in [2.75, 3.05) is 9.80 Å². The van der Waals surface area contributed by atoms with Gasteiger partial charge in [0.25, 0.3) is 6.71 Å². The van der Waals surface area contributed by atoms with Gasteiger partial charge in [-0.05, 0) is 175 Å². The maximum atomic E-state index is 10.9. The predicted molar refractivity (Wildman–Crippen MR) is 407 cm³/mol. The van der Waals surface area contributed by atoms with Gasteiger partial charge in [0.2, 0.25) is 0 Å². The molecule has 2 aliphatic rings. The Hall–Kier alpha value is -14.0. The summed E-state index contributed by atoms with van der Waals surface area (Å²) in [6, 6.07) is 119. The van der Waals surface area contributed by atoms with Crippen molar-refractivity contribution in [3.63, 3.8) is 0 Å². The summed E-state index contributed by atoms with van der Waals surface area (Å²) in [4.78, 5) is 24.4. The van der Waals surface area contributed by atoms with Gasteiger partial charge >= 0.3 is 0 Å². The van der Waals surface area contributed by atoms with Crippen LogP contribution in [0, 0.1) is 29.2 Å². The third kappa shape index (κ3) is 10.1. The van der Waals surface area contributed by atoms with Crippen molar-refractivity contribution in [1.82, 2.24) is 19.5 Å². The van der Waals surface area contributed by atoms with Crippen LogP contribution in [0.5, 0.6) is 0 Å². The quantitative estimate of drug-likeness (QED) is 0.0939. The molecule has 0 aliphatic carbocycles. The van der Waals surface area contributed by atoms with Gasteiger partial charge in [-0.2, -0.15) is 10.5 Å². The molecule has 4 heterocycles. The highest BCUT2D eigenvalue weighted by Crippen LogP contribution is 2.50. The molecule has 0 unspecified atom stereocenters. The number of benzene rings is 14. The molecule has 0 saturated heterocycles. The Kier molecular flexibility index (Phi) is 14.3. The van der Waals surface area contributed by atoms with Gasteiger partial charge in [0, 0.05) is 61.6 Å². The zero-order valence-electron chi connectivity index (χ0n) is 53.8. The number of hydrogen-bond acceptors (Lipinski definition) is 7. The third-order valence-electron chi connectivity index (χ3n) is 19.4. The molecule has 0 bridgehead atoms. The molecule has 2 aliphatic heterocycles. The topological polar surface area (TPSA) is 102 Å². The largest absolute Gasteiger partial charge is 0.313 e. The van der Waals surface area contributed by atoms with Gasteiger partial charge in [-0.25, -0.2) is 19.8 Å². The van der Waals surface area contributed by atoms with Crippen LogP contribution in [0.1, 0.15) is 11.1 Å². The van der Waals surface area contributed by atoms with Crippen molar-refractivity contribution < 1.29 is 0 Å². The molecule has 0 N–H and O–H groups in total. The first-order valence-electron chi connectivity index (χ1n) is 33.2. The van der Waals surface area contributed by atoms with Crippen LogP contribution in [-0.2, 0) is 0 Å². The van der Waals surface area contributed by atoms with Crippen molar-refractivity contribution in [3.8, 4) is 108 Å². The van der Waals surface area contributed by atoms with E-state index in [1.165, 1.54) is 0 Å². The minimum Gasteiger partial charge on any atom is -0.313 e. The smallest absolute Gasteiger partial charge is 0.251 e. The fourth-order valence-corrected chi connectivity index (χ4v) is 14.8. The Labute approximate surface area is 578 Å². The molecular formula is C90H54BN9. The minimum atomic E-state index is -0.333. The van der Waals surface area contributed by atoms with Crippen LogP contribution < -0.4 is 26.2 Å². The molecule has 16 aromatic rings. The molecule has 100 heavy (non-hydrogen) atoms. The van der Waals surface area contributed by atoms with Gasteiger partial charge < -0.3 is 14.4 Å². The fourth-order valence-electron chi connectivity index (χ4n) is 14.8. The number of fused-ring (bicyclic) bond motifs is 7. The van der Waals surface area contributed by atoms with Crippen LogP contribution >= 0.6 is 0 Å². The lowest BCUT2D eigenvalue weighted by molar-refractivity contribution is 1.06. The molecule has 14 aromatic carbocycles. The summed E-state index contributed by atoms with van der Waals surface area (Å²) in [6.07, 6.45) is 0. The normalized spacial score (nSPS) is 11.9. The van der Waals surface area contributed by atoms with Gasteiger partial charge in [0.1, 0.15) is 0 Å². The molecule has 0 spiro atoms. The van der Waals surface area contributed by atoms with Crippen LogP contribution in [0.15, 0.2) is 328 Å². The van der Waals surface area contributed by atoms with Crippen molar-refractivity contribution in [2.45, 2.75) is 0 Å². The van der Waals surface area contributed by atoms with Gasteiger partial charge in [-0.3, -0.25) is 0 Å². The first-order valence-corrected chi connectivity index (χ1v) is 33.2. The summed E-state index contributed by atoms with van der Waals surface area (Å²) in [5.41, 5.74) is 25.6. The number of hydrogen-bond donors (Lipinski definition) is 0. The molecule has 18 rings (SSSR count). The monoisotopic (exact) mass is 1270 g/mol. The average molecular weight is 1270 g/mol. The van der Waals surface area contributed by atoms with Crippen LogP contribution in [-0.4, -0.2) is 26.2 Å². The molecule has 10 heteroatoms. The molecule has 0 atom stereocenters. The SMILES string of the molecule is [C-]#[N+]c1ccc2c(c1)N(c1cc(-c3ccccc3)cc(-c3ccccc3)c1)c1cc(-c3ccc4c(c3)c3ccccc3n4-c3ccc(C#N)cc3-c3nc(-c4ccccc4)nc(-c4ccccc4)n3)cc3c1B2c1ccc(C#N)cc1N3c1cc(-c2ccccc2)cc(-c2ccccc2)c1. The summed E-state index contributed by atoms with van der Waals surface area (Å²) in [5, 5.41) is 23.6. The summed E-state index contributed by atoms with van der Waals surface area (Å²) in [5.74, 6) is 1.46. The Balaban J connectivity index is 0.918. The highest BCUT2D eigenvalue weighted by atomic mass is 15.2. The highest BCUT2D eigenvalue weighted by Gasteiger charge is 2.44. The molecular weight excluding hydrogens is 1220 g/mol. The maximum Gasteiger partial charge on any atom is 0.251 e. The van der Waals surface area contributed by atoms with E-state index in [1.807, 2.05) is 91.0 Å². The second-order valence-electron chi connectivity index (χ2n) is 25.2. The second kappa shape index (κ2) is 24.3. The summed E-state index contributed by atoms with van der Waals surface area (Å²) >= 11 is 0. The maximum absolute atomic E-state index is 10.9. The molecule has 0 fully saturated rings. The van der Waals surface area contributed by atoms with Crippen molar-refractivity contribution >= 4 is 84.7 Å². The summed E-state index contributed by atoms with van der Waals surface area (Å²) in [6.45, 7) is 8.25. The molecule has 0 radical (unpaired) electrons. The zero-order chi connectivity index (χ0) is 66.8. The first kappa shape index (κ1) is 58.6. The standard InChI is InChI=1S/C90H54BN9/c1-94-72-39-41-79-84(55-72)99(74-50-69(62-26-12-4-13-27-62)47-70(51-74)63-28-14-5-15-29-63)86-54-71(53-85-87(86)91(79)78-40-36-59(57-93)45-83(78)98(85)73-48-67(60-22-8-2-9-23-60)46-68(49-73)61-24-10-3-11-25-61)66-38-43-81-76(52-66)75-34-20-21-35-80(75)100(81)82-42-37-58(56-92)44-77(82)90-96-88(64-30-16-6-17-31-64)95-89(97-90)65-32-18-7-19-33-65/h2-55H. The lowest BCUT2D eigenvalue weighted by Crippen LogP contribution is -2.61. The van der Waals surface area contributed by atoms with Crippen LogP contribution in [0.3, 0.4) is 0 Å². The predicted octanol–water partition coefficient (Wildman–Crippen LogP) is 20.7. The molecule has 462 valence electrons. The van der Waals surface area contributed by atoms with E-state index in [1.54, 1.807) is 0 Å². The highest BCUT2D eigenvalue weighted by molar-refractivity contribution is 7.00. The van der Waals surface area contributed by atoms with Gasteiger partial charge in [0.15, 0.2) is 23.2 Å². The van der Waals surface area contributed by atoms with Crippen molar-refractivity contribution in [1.29, 1.82) is 10.5 Å². The lowest BCUT2D eigenvalue weighted by atomic mass is 9.33.